The van der Waals surface area contributed by atoms with Crippen molar-refractivity contribution in [1.29, 1.82) is 0 Å². The Balaban J connectivity index is 1.60. The second-order valence-electron chi connectivity index (χ2n) is 8.31. The van der Waals surface area contributed by atoms with E-state index in [1.807, 2.05) is 4.90 Å². The summed E-state index contributed by atoms with van der Waals surface area (Å²) in [7, 11) is 2.93. The lowest BCUT2D eigenvalue weighted by Crippen LogP contribution is -2.43. The molecule has 0 unspecified atom stereocenters. The van der Waals surface area contributed by atoms with Gasteiger partial charge in [-0.05, 0) is 36.8 Å². The van der Waals surface area contributed by atoms with Gasteiger partial charge in [0.25, 0.3) is 0 Å². The normalized spacial score (nSPS) is 26.5. The summed E-state index contributed by atoms with van der Waals surface area (Å²) in [6, 6.07) is 5.83. The number of aliphatic hydroxyl groups is 1. The highest BCUT2D eigenvalue weighted by atomic mass is 19.4. The molecule has 0 bridgehead atoms. The molecule has 2 aliphatic rings. The molecule has 9 heteroatoms. The molecule has 1 aromatic heterocycles. The van der Waals surface area contributed by atoms with Gasteiger partial charge in [-0.15, -0.1) is 0 Å². The van der Waals surface area contributed by atoms with E-state index in [1.165, 1.54) is 32.5 Å². The monoisotopic (exact) mass is 437 g/mol. The summed E-state index contributed by atoms with van der Waals surface area (Å²) in [5.74, 6) is 0.282. The van der Waals surface area contributed by atoms with Gasteiger partial charge in [0, 0.05) is 31.7 Å². The quantitative estimate of drug-likeness (QED) is 0.771. The highest BCUT2D eigenvalue weighted by molar-refractivity contribution is 5.34. The minimum atomic E-state index is -4.39. The number of nitrogens with zero attached hydrogens (tertiary/aromatic N) is 3. The molecule has 4 rings (SSSR count). The molecule has 1 aromatic carbocycles. The van der Waals surface area contributed by atoms with Crippen LogP contribution in [0.2, 0.25) is 0 Å². The van der Waals surface area contributed by atoms with Crippen LogP contribution in [0.3, 0.4) is 0 Å². The topological polar surface area (TPSA) is 67.7 Å². The Kier molecular flexibility index (Phi) is 5.83. The molecule has 1 aliphatic heterocycles. The molecule has 31 heavy (non-hydrogen) atoms. The maximum Gasteiger partial charge on any atom is 0.416 e. The smallest absolute Gasteiger partial charge is 0.416 e. The third-order valence-corrected chi connectivity index (χ3v) is 6.55. The lowest BCUT2D eigenvalue weighted by Gasteiger charge is -2.41. The fraction of sp³-hybridized carbons (Fsp3) is 0.545. The number of rotatable bonds is 5. The second kappa shape index (κ2) is 8.27. The number of aromatic nitrogens is 2. The molecule has 1 aliphatic carbocycles. The van der Waals surface area contributed by atoms with E-state index in [0.29, 0.717) is 25.1 Å². The van der Waals surface area contributed by atoms with Gasteiger partial charge in [0.2, 0.25) is 5.88 Å². The molecule has 6 nitrogen and oxygen atoms in total. The summed E-state index contributed by atoms with van der Waals surface area (Å²) in [6.07, 6.45) is -0.608. The molecule has 1 N–H and O–H groups in total. The van der Waals surface area contributed by atoms with Crippen LogP contribution >= 0.6 is 0 Å². The summed E-state index contributed by atoms with van der Waals surface area (Å²) in [5, 5.41) is 11.7. The summed E-state index contributed by atoms with van der Waals surface area (Å²) < 4.78 is 50.7. The highest BCUT2D eigenvalue weighted by Gasteiger charge is 2.51. The molecule has 1 saturated heterocycles. The van der Waals surface area contributed by atoms with Gasteiger partial charge >= 0.3 is 12.2 Å². The van der Waals surface area contributed by atoms with Crippen molar-refractivity contribution >= 4 is 0 Å². The van der Waals surface area contributed by atoms with Crippen molar-refractivity contribution in [3.63, 3.8) is 0 Å². The number of hydrogen-bond acceptors (Lipinski definition) is 6. The first-order valence-corrected chi connectivity index (χ1v) is 10.3. The highest BCUT2D eigenvalue weighted by Crippen LogP contribution is 2.50. The standard InChI is InChI=1S/C22H26F3N3O3/c1-30-19-17(10-26-20(27-19)31-2)21(29)9-5-7-15-12-28(13-18(15)21)11-14-6-3-4-8-16(14)22(23,24)25/h3-4,6,8,10,15,18,29H,5,7,9,11-13H2,1-2H3/t15-,18-,21+/m0/s1. The minimum Gasteiger partial charge on any atom is -0.481 e. The van der Waals surface area contributed by atoms with Gasteiger partial charge in [0.1, 0.15) is 5.60 Å². The van der Waals surface area contributed by atoms with Gasteiger partial charge in [-0.3, -0.25) is 4.90 Å². The number of ether oxygens (including phenoxy) is 2. The second-order valence-corrected chi connectivity index (χ2v) is 8.31. The Morgan fingerprint density at radius 3 is 2.68 bits per heavy atom. The zero-order chi connectivity index (χ0) is 22.2. The van der Waals surface area contributed by atoms with Crippen LogP contribution in [-0.2, 0) is 18.3 Å². The summed E-state index contributed by atoms with van der Waals surface area (Å²) in [6.45, 7) is 1.32. The molecule has 0 spiro atoms. The fourth-order valence-electron chi connectivity index (χ4n) is 5.15. The lowest BCUT2D eigenvalue weighted by molar-refractivity contribution is -0.138. The molecule has 0 radical (unpaired) electrons. The number of methoxy groups -OCH3 is 2. The minimum absolute atomic E-state index is 0.147. The van der Waals surface area contributed by atoms with E-state index >= 15 is 0 Å². The Labute approximate surface area is 179 Å². The van der Waals surface area contributed by atoms with E-state index in [4.69, 9.17) is 9.47 Å². The molecular formula is C22H26F3N3O3. The first-order valence-electron chi connectivity index (χ1n) is 10.3. The fourth-order valence-corrected chi connectivity index (χ4v) is 5.15. The van der Waals surface area contributed by atoms with Crippen LogP contribution in [0, 0.1) is 11.8 Å². The van der Waals surface area contributed by atoms with Crippen LogP contribution in [0.15, 0.2) is 30.5 Å². The van der Waals surface area contributed by atoms with E-state index in [1.54, 1.807) is 6.07 Å². The molecule has 0 amide bonds. The van der Waals surface area contributed by atoms with Crippen molar-refractivity contribution in [2.24, 2.45) is 11.8 Å². The molecule has 2 aromatic rings. The van der Waals surface area contributed by atoms with Crippen molar-refractivity contribution in [3.8, 4) is 11.9 Å². The van der Waals surface area contributed by atoms with E-state index in [2.05, 4.69) is 9.97 Å². The Bertz CT molecular complexity index is 940. The first-order chi connectivity index (χ1) is 14.8. The maximum absolute atomic E-state index is 13.4. The van der Waals surface area contributed by atoms with Crippen LogP contribution in [0.1, 0.15) is 36.0 Å². The van der Waals surface area contributed by atoms with Gasteiger partial charge in [0.15, 0.2) is 0 Å². The SMILES string of the molecule is COc1ncc([C@]2(O)CCC[C@H]3CN(Cc4ccccc4C(F)(F)F)C[C@@H]32)c(OC)n1. The van der Waals surface area contributed by atoms with Crippen LogP contribution in [0.4, 0.5) is 13.2 Å². The predicted molar refractivity (Wildman–Crippen MR) is 107 cm³/mol. The molecule has 1 saturated carbocycles. The molecule has 3 atom stereocenters. The predicted octanol–water partition coefficient (Wildman–Crippen LogP) is 3.63. The van der Waals surface area contributed by atoms with Crippen LogP contribution in [0.5, 0.6) is 11.9 Å². The number of likely N-dealkylation sites (tertiary alicyclic amines) is 1. The van der Waals surface area contributed by atoms with Crippen LogP contribution in [0.25, 0.3) is 0 Å². The average molecular weight is 437 g/mol. The summed E-state index contributed by atoms with van der Waals surface area (Å²) >= 11 is 0. The number of hydrogen-bond donors (Lipinski definition) is 1. The lowest BCUT2D eigenvalue weighted by atomic mass is 9.68. The number of fused-ring (bicyclic) bond motifs is 1. The van der Waals surface area contributed by atoms with Crippen LogP contribution < -0.4 is 9.47 Å². The van der Waals surface area contributed by atoms with Gasteiger partial charge < -0.3 is 14.6 Å². The van der Waals surface area contributed by atoms with E-state index < -0.39 is 17.3 Å². The van der Waals surface area contributed by atoms with Gasteiger partial charge in [0.05, 0.1) is 25.3 Å². The summed E-state index contributed by atoms with van der Waals surface area (Å²) in [4.78, 5) is 10.4. The number of halogens is 3. The van der Waals surface area contributed by atoms with Crippen LogP contribution in [-0.4, -0.2) is 47.3 Å². The average Bonchev–Trinajstić information content (AvgIpc) is 3.17. The summed E-state index contributed by atoms with van der Waals surface area (Å²) in [5.41, 5.74) is -1.06. The zero-order valence-corrected chi connectivity index (χ0v) is 17.5. The van der Waals surface area contributed by atoms with Crippen molar-refractivity contribution in [1.82, 2.24) is 14.9 Å². The largest absolute Gasteiger partial charge is 0.481 e. The van der Waals surface area contributed by atoms with Crippen molar-refractivity contribution in [2.45, 2.75) is 37.6 Å². The molecule has 2 heterocycles. The first kappa shape index (κ1) is 21.8. The third-order valence-electron chi connectivity index (χ3n) is 6.55. The van der Waals surface area contributed by atoms with E-state index in [9.17, 15) is 18.3 Å². The van der Waals surface area contributed by atoms with Gasteiger partial charge in [-0.25, -0.2) is 4.98 Å². The van der Waals surface area contributed by atoms with Crippen molar-refractivity contribution in [3.05, 3.63) is 47.2 Å². The Morgan fingerprint density at radius 2 is 1.97 bits per heavy atom. The van der Waals surface area contributed by atoms with Gasteiger partial charge in [-0.1, -0.05) is 18.2 Å². The Morgan fingerprint density at radius 1 is 1.19 bits per heavy atom. The Hall–Kier alpha value is -2.39. The molecule has 168 valence electrons. The van der Waals surface area contributed by atoms with Gasteiger partial charge in [-0.2, -0.15) is 18.2 Å². The van der Waals surface area contributed by atoms with Crippen molar-refractivity contribution in [2.75, 3.05) is 27.3 Å². The van der Waals surface area contributed by atoms with Crippen molar-refractivity contribution < 1.29 is 27.8 Å². The van der Waals surface area contributed by atoms with E-state index in [-0.39, 0.29) is 35.8 Å². The maximum atomic E-state index is 13.4. The van der Waals surface area contributed by atoms with E-state index in [0.717, 1.165) is 18.9 Å². The number of benzene rings is 1. The zero-order valence-electron chi connectivity index (χ0n) is 17.5. The number of alkyl halides is 3. The third kappa shape index (κ3) is 4.08. The molecular weight excluding hydrogens is 411 g/mol. The molecule has 2 fully saturated rings.